The molecule has 0 radical (unpaired) electrons. The molecule has 1 saturated heterocycles. The summed E-state index contributed by atoms with van der Waals surface area (Å²) in [5, 5.41) is 20.1. The van der Waals surface area contributed by atoms with E-state index in [0.717, 1.165) is 15.9 Å². The summed E-state index contributed by atoms with van der Waals surface area (Å²) in [6.07, 6.45) is 1.80. The van der Waals surface area contributed by atoms with E-state index in [9.17, 15) is 29.0 Å². The molecule has 2 aliphatic heterocycles. The Morgan fingerprint density at radius 1 is 1.22 bits per heavy atom. The summed E-state index contributed by atoms with van der Waals surface area (Å²) in [5.74, 6) is -1.54. The van der Waals surface area contributed by atoms with Crippen molar-refractivity contribution in [1.29, 1.82) is 0 Å². The summed E-state index contributed by atoms with van der Waals surface area (Å²) >= 11 is 0. The number of anilines is 2. The second kappa shape index (κ2) is 9.09. The third-order valence-corrected chi connectivity index (χ3v) is 5.76. The first kappa shape index (κ1) is 22.0. The van der Waals surface area contributed by atoms with Crippen LogP contribution in [0.4, 0.5) is 20.6 Å². The number of imide groups is 1. The largest absolute Gasteiger partial charge is 0.465 e. The van der Waals surface area contributed by atoms with E-state index in [1.165, 1.54) is 12.1 Å². The summed E-state index contributed by atoms with van der Waals surface area (Å²) < 4.78 is 20.0. The molecule has 1 fully saturated rings. The maximum atomic E-state index is 14.7. The van der Waals surface area contributed by atoms with E-state index in [2.05, 4.69) is 0 Å². The van der Waals surface area contributed by atoms with Crippen molar-refractivity contribution in [2.75, 3.05) is 49.2 Å². The van der Waals surface area contributed by atoms with Crippen LogP contribution in [0.3, 0.4) is 0 Å². The van der Waals surface area contributed by atoms with Crippen LogP contribution in [0.5, 0.6) is 0 Å². The first-order chi connectivity index (χ1) is 15.4. The Kier molecular flexibility index (Phi) is 6.24. The van der Waals surface area contributed by atoms with Gasteiger partial charge in [-0.1, -0.05) is 12.2 Å². The van der Waals surface area contributed by atoms with Gasteiger partial charge in [-0.2, -0.15) is 0 Å². The van der Waals surface area contributed by atoms with Crippen LogP contribution >= 0.6 is 0 Å². The lowest BCUT2D eigenvalue weighted by Gasteiger charge is -2.30. The third kappa shape index (κ3) is 4.23. The standard InChI is InChI=1S/C22H24FN3O6/c23-18-11-14(5-6-19(18)24-7-9-32-10-8-24)25(22(30)31)12-15(27)13-26-20(28)16-3-1-2-4-17(16)21(26)29/h1,3,5-6,11,15,27H,2,4,7-10,12-13H2,(H,30,31)/t15-/m1/s1. The Bertz CT molecular complexity index is 1000. The highest BCUT2D eigenvalue weighted by molar-refractivity contribution is 6.20. The monoisotopic (exact) mass is 445 g/mol. The van der Waals surface area contributed by atoms with Gasteiger partial charge in [-0.05, 0) is 31.0 Å². The van der Waals surface area contributed by atoms with E-state index < -0.39 is 36.4 Å². The first-order valence-electron chi connectivity index (χ1n) is 10.4. The molecule has 3 aliphatic rings. The van der Waals surface area contributed by atoms with Crippen LogP contribution in [-0.4, -0.2) is 78.5 Å². The summed E-state index contributed by atoms with van der Waals surface area (Å²) in [7, 11) is 0. The maximum Gasteiger partial charge on any atom is 0.411 e. The number of aliphatic hydroxyl groups excluding tert-OH is 1. The lowest BCUT2D eigenvalue weighted by Crippen LogP contribution is -2.44. The number of halogens is 1. The number of allylic oxidation sites excluding steroid dienone is 1. The van der Waals surface area contributed by atoms with Crippen molar-refractivity contribution in [2.24, 2.45) is 0 Å². The average molecular weight is 445 g/mol. The second-order valence-electron chi connectivity index (χ2n) is 7.84. The number of aliphatic hydroxyl groups is 1. The van der Waals surface area contributed by atoms with Crippen molar-refractivity contribution in [3.8, 4) is 0 Å². The number of hydrogen-bond donors (Lipinski definition) is 2. The van der Waals surface area contributed by atoms with E-state index in [1.807, 2.05) is 11.0 Å². The summed E-state index contributed by atoms with van der Waals surface area (Å²) in [6, 6.07) is 4.06. The number of β-amino-alcohol motifs (C(OH)–C–C–N with tert-alkyl or cyclic N) is 1. The quantitative estimate of drug-likeness (QED) is 0.639. The van der Waals surface area contributed by atoms with Crippen LogP contribution < -0.4 is 9.80 Å². The van der Waals surface area contributed by atoms with Gasteiger partial charge < -0.3 is 19.8 Å². The van der Waals surface area contributed by atoms with Gasteiger partial charge in [0.05, 0.1) is 43.8 Å². The Labute approximate surface area is 184 Å². The number of carboxylic acid groups (broad SMARTS) is 1. The molecule has 2 heterocycles. The number of hydrogen-bond acceptors (Lipinski definition) is 6. The van der Waals surface area contributed by atoms with Crippen molar-refractivity contribution >= 4 is 29.3 Å². The van der Waals surface area contributed by atoms with Gasteiger partial charge in [0.1, 0.15) is 5.82 Å². The van der Waals surface area contributed by atoms with E-state index in [-0.39, 0.29) is 12.2 Å². The number of carbonyl (C=O) groups excluding carboxylic acids is 2. The molecule has 1 atom stereocenters. The molecule has 0 bridgehead atoms. The van der Waals surface area contributed by atoms with Crippen LogP contribution in [0.15, 0.2) is 41.5 Å². The van der Waals surface area contributed by atoms with Gasteiger partial charge in [-0.25, -0.2) is 9.18 Å². The van der Waals surface area contributed by atoms with Gasteiger partial charge in [0.2, 0.25) is 0 Å². The molecule has 3 amide bonds. The van der Waals surface area contributed by atoms with Gasteiger partial charge in [0, 0.05) is 24.2 Å². The minimum atomic E-state index is -1.39. The predicted molar refractivity (Wildman–Crippen MR) is 113 cm³/mol. The number of carbonyl (C=O) groups is 3. The van der Waals surface area contributed by atoms with E-state index in [0.29, 0.717) is 56.0 Å². The Morgan fingerprint density at radius 2 is 1.97 bits per heavy atom. The van der Waals surface area contributed by atoms with Crippen molar-refractivity contribution in [3.05, 3.63) is 47.3 Å². The Balaban J connectivity index is 1.45. The van der Waals surface area contributed by atoms with Gasteiger partial charge in [-0.15, -0.1) is 0 Å². The number of morpholine rings is 1. The van der Waals surface area contributed by atoms with Crippen molar-refractivity contribution < 1.29 is 33.7 Å². The van der Waals surface area contributed by atoms with E-state index >= 15 is 0 Å². The van der Waals surface area contributed by atoms with Gasteiger partial charge >= 0.3 is 6.09 Å². The zero-order chi connectivity index (χ0) is 22.8. The average Bonchev–Trinajstić information content (AvgIpc) is 3.03. The molecule has 4 rings (SSSR count). The Hall–Kier alpha value is -3.24. The number of amides is 3. The molecule has 0 spiro atoms. The second-order valence-corrected chi connectivity index (χ2v) is 7.84. The SMILES string of the molecule is O=C1C2=C(CCC=C2)C(=O)N1C[C@H](O)CN(C(=O)O)c1ccc(N2CCOCC2)c(F)c1. The molecule has 170 valence electrons. The molecule has 0 saturated carbocycles. The van der Waals surface area contributed by atoms with E-state index in [4.69, 9.17) is 4.74 Å². The molecule has 1 aromatic rings. The van der Waals surface area contributed by atoms with Crippen LogP contribution in [0.2, 0.25) is 0 Å². The molecule has 32 heavy (non-hydrogen) atoms. The molecule has 0 aromatic heterocycles. The fourth-order valence-corrected chi connectivity index (χ4v) is 4.15. The number of nitrogens with zero attached hydrogens (tertiary/aromatic N) is 3. The lowest BCUT2D eigenvalue weighted by atomic mass is 10.00. The molecule has 2 N–H and O–H groups in total. The van der Waals surface area contributed by atoms with Gasteiger partial charge in [0.25, 0.3) is 11.8 Å². The lowest BCUT2D eigenvalue weighted by molar-refractivity contribution is -0.139. The minimum absolute atomic E-state index is 0.0467. The van der Waals surface area contributed by atoms with Crippen molar-refractivity contribution in [1.82, 2.24) is 4.90 Å². The van der Waals surface area contributed by atoms with Crippen LogP contribution in [0, 0.1) is 5.82 Å². The molecular formula is C22H24FN3O6. The van der Waals surface area contributed by atoms with Crippen LogP contribution in [-0.2, 0) is 14.3 Å². The number of rotatable bonds is 6. The Morgan fingerprint density at radius 3 is 2.62 bits per heavy atom. The smallest absolute Gasteiger partial charge is 0.411 e. The highest BCUT2D eigenvalue weighted by atomic mass is 19.1. The van der Waals surface area contributed by atoms with Gasteiger partial charge in [0.15, 0.2) is 0 Å². The molecular weight excluding hydrogens is 421 g/mol. The first-order valence-corrected chi connectivity index (χ1v) is 10.4. The fourth-order valence-electron chi connectivity index (χ4n) is 4.15. The van der Waals surface area contributed by atoms with Crippen molar-refractivity contribution in [2.45, 2.75) is 18.9 Å². The zero-order valence-corrected chi connectivity index (χ0v) is 17.4. The highest BCUT2D eigenvalue weighted by Crippen LogP contribution is 2.30. The summed E-state index contributed by atoms with van der Waals surface area (Å²) in [4.78, 5) is 40.4. The van der Waals surface area contributed by atoms with Gasteiger partial charge in [-0.3, -0.25) is 19.4 Å². The molecule has 1 aromatic carbocycles. The topological polar surface area (TPSA) is 111 Å². The molecule has 10 heteroatoms. The summed E-state index contributed by atoms with van der Waals surface area (Å²) in [5.41, 5.74) is 1.14. The number of ether oxygens (including phenoxy) is 1. The minimum Gasteiger partial charge on any atom is -0.465 e. The normalized spacial score (nSPS) is 19.4. The fraction of sp³-hybridized carbons (Fsp3) is 0.409. The van der Waals surface area contributed by atoms with Crippen LogP contribution in [0.25, 0.3) is 0 Å². The van der Waals surface area contributed by atoms with E-state index in [1.54, 1.807) is 6.08 Å². The predicted octanol–water partition coefficient (Wildman–Crippen LogP) is 1.52. The molecule has 0 unspecified atom stereocenters. The number of benzene rings is 1. The third-order valence-electron chi connectivity index (χ3n) is 5.76. The molecule has 1 aliphatic carbocycles. The van der Waals surface area contributed by atoms with Crippen LogP contribution in [0.1, 0.15) is 12.8 Å². The molecule has 9 nitrogen and oxygen atoms in total. The maximum absolute atomic E-state index is 14.7. The highest BCUT2D eigenvalue weighted by Gasteiger charge is 2.38. The summed E-state index contributed by atoms with van der Waals surface area (Å²) in [6.45, 7) is 1.25. The zero-order valence-electron chi connectivity index (χ0n) is 17.4. The van der Waals surface area contributed by atoms with Crippen molar-refractivity contribution in [3.63, 3.8) is 0 Å².